The molecule has 3 aliphatic rings. The van der Waals surface area contributed by atoms with Gasteiger partial charge in [-0.1, -0.05) is 25.7 Å². The molecule has 92 valence electrons. The van der Waals surface area contributed by atoms with E-state index in [0.717, 1.165) is 32.3 Å². The summed E-state index contributed by atoms with van der Waals surface area (Å²) in [5, 5.41) is 3.70. The minimum atomic E-state index is 0.0350. The summed E-state index contributed by atoms with van der Waals surface area (Å²) in [6.45, 7) is 3.48. The maximum atomic E-state index is 6.02. The van der Waals surface area contributed by atoms with Crippen LogP contribution in [0, 0.1) is 5.92 Å². The van der Waals surface area contributed by atoms with Crippen LogP contribution in [0.2, 0.25) is 0 Å². The highest BCUT2D eigenvalue weighted by Crippen LogP contribution is 2.37. The van der Waals surface area contributed by atoms with Gasteiger partial charge in [0.2, 0.25) is 0 Å². The van der Waals surface area contributed by atoms with Crippen LogP contribution in [0.5, 0.6) is 0 Å². The van der Waals surface area contributed by atoms with Crippen LogP contribution in [0.15, 0.2) is 0 Å². The van der Waals surface area contributed by atoms with Crippen LogP contribution in [0.25, 0.3) is 0 Å². The monoisotopic (exact) mass is 225 g/mol. The highest BCUT2D eigenvalue weighted by Gasteiger charge is 2.51. The van der Waals surface area contributed by atoms with E-state index in [1.165, 1.54) is 38.5 Å². The molecule has 1 saturated carbocycles. The fourth-order valence-electron chi connectivity index (χ4n) is 3.55. The fourth-order valence-corrected chi connectivity index (χ4v) is 3.55. The van der Waals surface area contributed by atoms with E-state index in [-0.39, 0.29) is 5.60 Å². The van der Waals surface area contributed by atoms with E-state index in [0.29, 0.717) is 6.04 Å². The van der Waals surface area contributed by atoms with Gasteiger partial charge in [-0.3, -0.25) is 0 Å². The molecule has 1 spiro atoms. The lowest BCUT2D eigenvalue weighted by atomic mass is 9.78. The first-order chi connectivity index (χ1) is 7.91. The molecule has 1 N–H and O–H groups in total. The molecular formula is C13H23NO2. The van der Waals surface area contributed by atoms with E-state index in [4.69, 9.17) is 9.47 Å². The van der Waals surface area contributed by atoms with Crippen molar-refractivity contribution in [2.75, 3.05) is 26.4 Å². The summed E-state index contributed by atoms with van der Waals surface area (Å²) in [6, 6.07) is 0.549. The number of rotatable bonds is 1. The summed E-state index contributed by atoms with van der Waals surface area (Å²) in [7, 11) is 0. The van der Waals surface area contributed by atoms with Crippen molar-refractivity contribution in [2.45, 2.75) is 50.2 Å². The normalized spacial score (nSPS) is 35.6. The average molecular weight is 225 g/mol. The second-order valence-electron chi connectivity index (χ2n) is 5.59. The zero-order chi connectivity index (χ0) is 10.8. The fraction of sp³-hybridized carbons (Fsp3) is 1.00. The standard InChI is InChI=1S/C13H23NO2/c1-2-4-6-11(5-3-1)12-13(9-15-10-13)16-8-7-14-12/h11-12,14H,1-10H2. The molecule has 0 radical (unpaired) electrons. The topological polar surface area (TPSA) is 30.5 Å². The van der Waals surface area contributed by atoms with Gasteiger partial charge < -0.3 is 14.8 Å². The maximum Gasteiger partial charge on any atom is 0.130 e. The zero-order valence-corrected chi connectivity index (χ0v) is 10.0. The molecule has 0 amide bonds. The van der Waals surface area contributed by atoms with Gasteiger partial charge in [0.25, 0.3) is 0 Å². The molecule has 3 rings (SSSR count). The molecule has 3 fully saturated rings. The molecule has 2 saturated heterocycles. The van der Waals surface area contributed by atoms with Gasteiger partial charge in [-0.25, -0.2) is 0 Å². The van der Waals surface area contributed by atoms with Crippen LogP contribution in [0.1, 0.15) is 38.5 Å². The Hall–Kier alpha value is -0.120. The predicted octanol–water partition coefficient (Wildman–Crippen LogP) is 1.71. The number of morpholine rings is 1. The van der Waals surface area contributed by atoms with Crippen LogP contribution < -0.4 is 5.32 Å². The summed E-state index contributed by atoms with van der Waals surface area (Å²) in [5.74, 6) is 0.812. The quantitative estimate of drug-likeness (QED) is 0.689. The third-order valence-electron chi connectivity index (χ3n) is 4.49. The largest absolute Gasteiger partial charge is 0.375 e. The predicted molar refractivity (Wildman–Crippen MR) is 62.5 cm³/mol. The van der Waals surface area contributed by atoms with Crippen molar-refractivity contribution in [2.24, 2.45) is 5.92 Å². The number of ether oxygens (including phenoxy) is 2. The first-order valence-electron chi connectivity index (χ1n) is 6.86. The molecule has 1 unspecified atom stereocenters. The van der Waals surface area contributed by atoms with E-state index in [1.54, 1.807) is 0 Å². The molecule has 0 aromatic heterocycles. The summed E-state index contributed by atoms with van der Waals surface area (Å²) in [5.41, 5.74) is 0.0350. The lowest BCUT2D eigenvalue weighted by Crippen LogP contribution is -2.70. The lowest BCUT2D eigenvalue weighted by molar-refractivity contribution is -0.245. The van der Waals surface area contributed by atoms with E-state index in [2.05, 4.69) is 5.32 Å². The van der Waals surface area contributed by atoms with Crippen molar-refractivity contribution in [1.82, 2.24) is 5.32 Å². The third kappa shape index (κ3) is 1.89. The van der Waals surface area contributed by atoms with Crippen molar-refractivity contribution < 1.29 is 9.47 Å². The van der Waals surface area contributed by atoms with Gasteiger partial charge >= 0.3 is 0 Å². The van der Waals surface area contributed by atoms with E-state index in [9.17, 15) is 0 Å². The first kappa shape index (κ1) is 11.0. The van der Waals surface area contributed by atoms with Crippen molar-refractivity contribution >= 4 is 0 Å². The molecule has 0 aromatic rings. The first-order valence-corrected chi connectivity index (χ1v) is 6.86. The molecule has 0 aromatic carbocycles. The summed E-state index contributed by atoms with van der Waals surface area (Å²) in [6.07, 6.45) is 8.41. The molecule has 1 aliphatic carbocycles. The summed E-state index contributed by atoms with van der Waals surface area (Å²) < 4.78 is 11.4. The Labute approximate surface area is 97.9 Å². The van der Waals surface area contributed by atoms with Gasteiger partial charge in [0.05, 0.1) is 19.8 Å². The molecule has 0 bridgehead atoms. The number of nitrogens with one attached hydrogen (secondary N) is 1. The molecule has 1 atom stereocenters. The van der Waals surface area contributed by atoms with Gasteiger partial charge in [0.1, 0.15) is 5.60 Å². The van der Waals surface area contributed by atoms with Crippen LogP contribution in [-0.2, 0) is 9.47 Å². The Bertz CT molecular complexity index is 232. The highest BCUT2D eigenvalue weighted by molar-refractivity contribution is 5.03. The van der Waals surface area contributed by atoms with Crippen molar-refractivity contribution in [3.8, 4) is 0 Å². The van der Waals surface area contributed by atoms with Crippen LogP contribution in [-0.4, -0.2) is 38.0 Å². The number of hydrogen-bond donors (Lipinski definition) is 1. The van der Waals surface area contributed by atoms with Crippen LogP contribution in [0.4, 0.5) is 0 Å². The van der Waals surface area contributed by atoms with Crippen molar-refractivity contribution in [1.29, 1.82) is 0 Å². The van der Waals surface area contributed by atoms with Gasteiger partial charge in [-0.2, -0.15) is 0 Å². The molecule has 2 heterocycles. The van der Waals surface area contributed by atoms with Crippen LogP contribution >= 0.6 is 0 Å². The Morgan fingerprint density at radius 1 is 1.00 bits per heavy atom. The molecule has 2 aliphatic heterocycles. The number of hydrogen-bond acceptors (Lipinski definition) is 3. The average Bonchev–Trinajstić information content (AvgIpc) is 2.55. The van der Waals surface area contributed by atoms with Gasteiger partial charge in [-0.05, 0) is 18.8 Å². The third-order valence-corrected chi connectivity index (χ3v) is 4.49. The van der Waals surface area contributed by atoms with Crippen molar-refractivity contribution in [3.05, 3.63) is 0 Å². The highest BCUT2D eigenvalue weighted by atomic mass is 16.6. The van der Waals surface area contributed by atoms with E-state index in [1.807, 2.05) is 0 Å². The lowest BCUT2D eigenvalue weighted by Gasteiger charge is -2.52. The minimum Gasteiger partial charge on any atom is -0.375 e. The minimum absolute atomic E-state index is 0.0350. The van der Waals surface area contributed by atoms with E-state index >= 15 is 0 Å². The van der Waals surface area contributed by atoms with Gasteiger partial charge in [-0.15, -0.1) is 0 Å². The van der Waals surface area contributed by atoms with Gasteiger partial charge in [0.15, 0.2) is 0 Å². The summed E-state index contributed by atoms with van der Waals surface area (Å²) in [4.78, 5) is 0. The Kier molecular flexibility index (Phi) is 3.18. The smallest absolute Gasteiger partial charge is 0.130 e. The zero-order valence-electron chi connectivity index (χ0n) is 10.0. The molecule has 16 heavy (non-hydrogen) atoms. The summed E-state index contributed by atoms with van der Waals surface area (Å²) >= 11 is 0. The Morgan fingerprint density at radius 3 is 2.38 bits per heavy atom. The van der Waals surface area contributed by atoms with Gasteiger partial charge in [0, 0.05) is 12.6 Å². The Morgan fingerprint density at radius 2 is 1.75 bits per heavy atom. The van der Waals surface area contributed by atoms with Crippen LogP contribution in [0.3, 0.4) is 0 Å². The second kappa shape index (κ2) is 4.63. The SMILES string of the molecule is C1CCCC(C2NCCOC23COC3)CC1. The molecule has 3 heteroatoms. The van der Waals surface area contributed by atoms with Crippen molar-refractivity contribution in [3.63, 3.8) is 0 Å². The van der Waals surface area contributed by atoms with E-state index < -0.39 is 0 Å². The maximum absolute atomic E-state index is 6.02. The molecule has 3 nitrogen and oxygen atoms in total. The Balaban J connectivity index is 1.70. The second-order valence-corrected chi connectivity index (χ2v) is 5.59. The molecular weight excluding hydrogens is 202 g/mol.